The summed E-state index contributed by atoms with van der Waals surface area (Å²) in [5, 5.41) is 2.62. The predicted molar refractivity (Wildman–Crippen MR) is 244 cm³/mol. The van der Waals surface area contributed by atoms with Crippen molar-refractivity contribution in [3.05, 3.63) is 100.0 Å². The van der Waals surface area contributed by atoms with Crippen molar-refractivity contribution in [1.29, 1.82) is 0 Å². The van der Waals surface area contributed by atoms with Crippen molar-refractivity contribution in [2.75, 3.05) is 69.0 Å². The van der Waals surface area contributed by atoms with Crippen molar-refractivity contribution in [1.82, 2.24) is 48.5 Å². The minimum Gasteiger partial charge on any atom is -0.345 e. The van der Waals surface area contributed by atoms with Crippen LogP contribution in [0.25, 0.3) is 33.2 Å². The third-order valence-corrected chi connectivity index (χ3v) is 14.7. The molecule has 22 heteroatoms. The zero-order valence-corrected chi connectivity index (χ0v) is 37.8. The molecule has 0 spiro atoms. The number of aryl methyl sites for hydroxylation is 1. The average Bonchev–Trinajstić information content (AvgIpc) is 3.86. The van der Waals surface area contributed by atoms with E-state index in [1.54, 1.807) is 43.2 Å². The lowest BCUT2D eigenvalue weighted by molar-refractivity contribution is -0.136. The molecule has 19 nitrogen and oxygen atoms in total. The third kappa shape index (κ3) is 8.66. The quantitative estimate of drug-likeness (QED) is 0.119. The van der Waals surface area contributed by atoms with Gasteiger partial charge in [-0.15, -0.1) is 0 Å². The highest BCUT2D eigenvalue weighted by Gasteiger charge is 2.33. The van der Waals surface area contributed by atoms with E-state index in [9.17, 15) is 32.4 Å². The fraction of sp³-hybridized carbons (Fsp3) is 0.378. The molecule has 9 rings (SSSR count). The number of hydrogen-bond donors (Lipinski definition) is 3. The SMILES string of the molecule is CCN(C)S(=O)(=O)Nc1ccc(F)c(C(=O)c2c[nH]c3ncc(-c4cnc(N5CCN(C(=O)CN6CCC(c7ccc8c(c7)n(C)c(=O)n8C7CCC(=O)NC7=O)CC6)CC5)nc4)cc23)c1F. The maximum atomic E-state index is 15.6. The van der Waals surface area contributed by atoms with Crippen LogP contribution in [0.5, 0.6) is 0 Å². The highest BCUT2D eigenvalue weighted by atomic mass is 32.2. The van der Waals surface area contributed by atoms with E-state index in [1.165, 1.54) is 17.8 Å². The zero-order valence-electron chi connectivity index (χ0n) is 37.0. The maximum Gasteiger partial charge on any atom is 0.329 e. The van der Waals surface area contributed by atoms with Gasteiger partial charge in [0.2, 0.25) is 29.5 Å². The van der Waals surface area contributed by atoms with E-state index in [-0.39, 0.29) is 59.4 Å². The number of nitrogens with one attached hydrogen (secondary N) is 3. The molecule has 1 atom stereocenters. The molecule has 1 unspecified atom stereocenters. The Labute approximate surface area is 383 Å². The van der Waals surface area contributed by atoms with Gasteiger partial charge in [0.15, 0.2) is 5.82 Å². The van der Waals surface area contributed by atoms with Crippen LogP contribution < -0.4 is 20.6 Å². The molecule has 0 saturated carbocycles. The molecule has 67 heavy (non-hydrogen) atoms. The number of anilines is 2. The molecular formula is C45H48F2N12O7S. The summed E-state index contributed by atoms with van der Waals surface area (Å²) in [6.45, 7) is 5.50. The molecule has 7 heterocycles. The minimum atomic E-state index is -4.16. The Bertz CT molecular complexity index is 3120. The van der Waals surface area contributed by atoms with Gasteiger partial charge in [-0.2, -0.15) is 12.7 Å². The summed E-state index contributed by atoms with van der Waals surface area (Å²) in [5.41, 5.74) is 1.99. The van der Waals surface area contributed by atoms with Gasteiger partial charge in [0, 0.05) is 100 Å². The van der Waals surface area contributed by atoms with E-state index < -0.39 is 50.8 Å². The highest BCUT2D eigenvalue weighted by Crippen LogP contribution is 2.33. The van der Waals surface area contributed by atoms with Crippen LogP contribution in [0.15, 0.2) is 66.0 Å². The number of pyridine rings is 1. The number of piperidine rings is 2. The molecule has 3 saturated heterocycles. The first-order chi connectivity index (χ1) is 32.1. The summed E-state index contributed by atoms with van der Waals surface area (Å²) in [6.07, 6.45) is 8.20. The van der Waals surface area contributed by atoms with Gasteiger partial charge in [0.05, 0.1) is 28.8 Å². The monoisotopic (exact) mass is 938 g/mol. The number of amides is 3. The maximum absolute atomic E-state index is 15.6. The van der Waals surface area contributed by atoms with Gasteiger partial charge in [-0.1, -0.05) is 13.0 Å². The first-order valence-electron chi connectivity index (χ1n) is 22.0. The summed E-state index contributed by atoms with van der Waals surface area (Å²) in [7, 11) is -1.18. The van der Waals surface area contributed by atoms with E-state index in [2.05, 4.69) is 34.9 Å². The van der Waals surface area contributed by atoms with Crippen LogP contribution >= 0.6 is 0 Å². The van der Waals surface area contributed by atoms with E-state index in [0.29, 0.717) is 55.3 Å². The van der Waals surface area contributed by atoms with Crippen LogP contribution in [-0.2, 0) is 31.6 Å². The molecule has 3 fully saturated rings. The van der Waals surface area contributed by atoms with Gasteiger partial charge in [-0.3, -0.25) is 43.3 Å². The largest absolute Gasteiger partial charge is 0.345 e. The van der Waals surface area contributed by atoms with Gasteiger partial charge in [-0.25, -0.2) is 28.5 Å². The lowest BCUT2D eigenvalue weighted by Crippen LogP contribution is -2.52. The fourth-order valence-electron chi connectivity index (χ4n) is 9.08. The van der Waals surface area contributed by atoms with Crippen LogP contribution in [0.3, 0.4) is 0 Å². The van der Waals surface area contributed by atoms with Crippen molar-refractivity contribution in [3.8, 4) is 11.1 Å². The van der Waals surface area contributed by atoms with Gasteiger partial charge in [0.1, 0.15) is 17.5 Å². The molecule has 4 aromatic heterocycles. The van der Waals surface area contributed by atoms with Crippen molar-refractivity contribution >= 4 is 67.4 Å². The molecule has 0 bridgehead atoms. The van der Waals surface area contributed by atoms with E-state index >= 15 is 8.78 Å². The number of piperazine rings is 1. The van der Waals surface area contributed by atoms with Crippen LogP contribution in [0.4, 0.5) is 20.4 Å². The highest BCUT2D eigenvalue weighted by molar-refractivity contribution is 7.90. The van der Waals surface area contributed by atoms with E-state index in [4.69, 9.17) is 0 Å². The molecule has 0 aliphatic carbocycles. The molecule has 2 aromatic carbocycles. The number of hydrogen-bond acceptors (Lipinski definition) is 12. The number of rotatable bonds is 12. The first kappa shape index (κ1) is 45.3. The Kier molecular flexibility index (Phi) is 12.2. The summed E-state index contributed by atoms with van der Waals surface area (Å²) in [6, 6.07) is 8.54. The topological polar surface area (TPSA) is 221 Å². The molecule has 3 aliphatic rings. The Balaban J connectivity index is 0.791. The summed E-state index contributed by atoms with van der Waals surface area (Å²) >= 11 is 0. The summed E-state index contributed by atoms with van der Waals surface area (Å²) in [5.74, 6) is -3.56. The van der Waals surface area contributed by atoms with E-state index in [1.807, 2.05) is 28.0 Å². The average molecular weight is 939 g/mol. The minimum absolute atomic E-state index is 0.0497. The van der Waals surface area contributed by atoms with Gasteiger partial charge in [0.25, 0.3) is 0 Å². The zero-order chi connectivity index (χ0) is 47.3. The number of carbonyl (C=O) groups is 4. The number of benzene rings is 2. The van der Waals surface area contributed by atoms with Crippen LogP contribution in [0.2, 0.25) is 0 Å². The Hall–Kier alpha value is -6.91. The number of imidazole rings is 1. The smallest absolute Gasteiger partial charge is 0.329 e. The molecule has 3 amide bonds. The van der Waals surface area contributed by atoms with Crippen molar-refractivity contribution in [2.24, 2.45) is 7.05 Å². The Morgan fingerprint density at radius 2 is 1.61 bits per heavy atom. The first-order valence-corrected chi connectivity index (χ1v) is 23.4. The number of ketones is 1. The standard InChI is InChI=1S/C45H48F2N12O7S/c1-4-54(2)67(65,66)53-33-7-6-32(46)39(40(33)47)41(62)31-24-49-42-30(31)19-28(21-48-42)29-22-50-44(51-23-29)58-17-15-57(16-18-58)38(61)25-56-13-11-26(12-14-56)27-5-8-34-36(20-27)55(3)45(64)59(34)35-9-10-37(60)52-43(35)63/h5-8,19-24,26,35,53H,4,9-18,25H2,1-3H3,(H,48,49)(H,52,60,63). The van der Waals surface area contributed by atoms with Crippen LogP contribution in [0.1, 0.15) is 66.1 Å². The molecule has 350 valence electrons. The lowest BCUT2D eigenvalue weighted by atomic mass is 9.89. The molecule has 0 radical (unpaired) electrons. The number of likely N-dealkylation sites (tertiary alicyclic amines) is 1. The van der Waals surface area contributed by atoms with E-state index in [0.717, 1.165) is 53.4 Å². The third-order valence-electron chi connectivity index (χ3n) is 13.1. The number of halogens is 2. The molecular weight excluding hydrogens is 891 g/mol. The lowest BCUT2D eigenvalue weighted by Gasteiger charge is -2.37. The number of carbonyl (C=O) groups excluding carboxylic acids is 4. The number of H-pyrrole nitrogens is 1. The number of nitrogens with zero attached hydrogens (tertiary/aromatic N) is 9. The Morgan fingerprint density at radius 1 is 0.896 bits per heavy atom. The molecule has 3 N–H and O–H groups in total. The second kappa shape index (κ2) is 18.1. The Morgan fingerprint density at radius 3 is 2.31 bits per heavy atom. The normalized spacial score (nSPS) is 17.7. The predicted octanol–water partition coefficient (Wildman–Crippen LogP) is 3.30. The summed E-state index contributed by atoms with van der Waals surface area (Å²) < 4.78 is 61.8. The van der Waals surface area contributed by atoms with Crippen molar-refractivity contribution < 1.29 is 36.4 Å². The van der Waals surface area contributed by atoms with Crippen molar-refractivity contribution in [3.63, 3.8) is 0 Å². The number of aromatic nitrogens is 6. The summed E-state index contributed by atoms with van der Waals surface area (Å²) in [4.78, 5) is 87.1. The number of aromatic amines is 1. The van der Waals surface area contributed by atoms with Gasteiger partial charge < -0.3 is 14.8 Å². The fourth-order valence-corrected chi connectivity index (χ4v) is 10.0. The number of imide groups is 1. The molecule has 6 aromatic rings. The van der Waals surface area contributed by atoms with Gasteiger partial charge in [-0.05, 0) is 74.2 Å². The second-order valence-electron chi connectivity index (χ2n) is 17.1. The van der Waals surface area contributed by atoms with Gasteiger partial charge >= 0.3 is 15.9 Å². The second-order valence-corrected chi connectivity index (χ2v) is 18.9. The number of fused-ring (bicyclic) bond motifs is 2. The van der Waals surface area contributed by atoms with Crippen molar-refractivity contribution in [2.45, 2.75) is 44.6 Å². The molecule has 3 aliphatic heterocycles. The van der Waals surface area contributed by atoms with Crippen LogP contribution in [-0.4, -0.2) is 135 Å². The van der Waals surface area contributed by atoms with Crippen LogP contribution in [0, 0.1) is 11.6 Å².